The van der Waals surface area contributed by atoms with Gasteiger partial charge >= 0.3 is 0 Å². The van der Waals surface area contributed by atoms with Crippen LogP contribution in [0.5, 0.6) is 0 Å². The van der Waals surface area contributed by atoms with E-state index in [-0.39, 0.29) is 6.61 Å². The van der Waals surface area contributed by atoms with Crippen LogP contribution in [0.1, 0.15) is 24.4 Å². The Morgan fingerprint density at radius 2 is 2.14 bits per heavy atom. The minimum absolute atomic E-state index is 0.290. The molecule has 1 aromatic heterocycles. The summed E-state index contributed by atoms with van der Waals surface area (Å²) >= 11 is 0. The van der Waals surface area contributed by atoms with Gasteiger partial charge in [0.1, 0.15) is 0 Å². The number of hydrogen-bond acceptors (Lipinski definition) is 4. The highest BCUT2D eigenvalue weighted by atomic mass is 16.3. The first-order valence-corrected chi connectivity index (χ1v) is 7.39. The Labute approximate surface area is 123 Å². The van der Waals surface area contributed by atoms with E-state index in [4.69, 9.17) is 10.1 Å². The molecule has 108 valence electrons. The molecular weight excluding hydrogens is 264 g/mol. The lowest BCUT2D eigenvalue weighted by atomic mass is 9.81. The molecule has 21 heavy (non-hydrogen) atoms. The Morgan fingerprint density at radius 1 is 1.29 bits per heavy atom. The maximum absolute atomic E-state index is 9.10. The van der Waals surface area contributed by atoms with Gasteiger partial charge in [-0.3, -0.25) is 4.68 Å². The Balaban J connectivity index is 1.56. The maximum Gasteiger partial charge on any atom is 0.0865 e. The maximum atomic E-state index is 9.10. The van der Waals surface area contributed by atoms with E-state index in [0.29, 0.717) is 12.0 Å². The number of aliphatic hydroxyl groups is 1. The third-order valence-corrected chi connectivity index (χ3v) is 4.38. The number of rotatable bonds is 3. The molecule has 1 aromatic carbocycles. The lowest BCUT2D eigenvalue weighted by molar-refractivity contribution is 0.105. The van der Waals surface area contributed by atoms with Crippen molar-refractivity contribution in [1.29, 1.82) is 0 Å². The summed E-state index contributed by atoms with van der Waals surface area (Å²) in [4.78, 5) is 4.72. The quantitative estimate of drug-likeness (QED) is 0.908. The highest BCUT2D eigenvalue weighted by Gasteiger charge is 2.30. The predicted octanol–water partition coefficient (Wildman–Crippen LogP) is 2.37. The highest BCUT2D eigenvalue weighted by molar-refractivity contribution is 6.06. The van der Waals surface area contributed by atoms with Gasteiger partial charge in [-0.1, -0.05) is 12.1 Å². The van der Waals surface area contributed by atoms with Crippen molar-refractivity contribution in [2.75, 3.05) is 18.5 Å². The van der Waals surface area contributed by atoms with Crippen LogP contribution in [-0.2, 0) is 0 Å². The number of nitrogens with one attached hydrogen (secondary N) is 1. The molecule has 1 fully saturated rings. The van der Waals surface area contributed by atoms with Gasteiger partial charge in [-0.2, -0.15) is 5.10 Å². The summed E-state index contributed by atoms with van der Waals surface area (Å²) in [6, 6.07) is 8.50. The summed E-state index contributed by atoms with van der Waals surface area (Å²) in [7, 11) is 0. The minimum Gasteiger partial charge on any atom is -0.396 e. The number of nitrogens with zero attached hydrogens (tertiary/aromatic N) is 3. The van der Waals surface area contributed by atoms with Gasteiger partial charge < -0.3 is 10.4 Å². The van der Waals surface area contributed by atoms with Crippen molar-refractivity contribution in [2.24, 2.45) is 10.9 Å². The molecule has 5 nitrogen and oxygen atoms in total. The zero-order valence-corrected chi connectivity index (χ0v) is 11.7. The topological polar surface area (TPSA) is 62.4 Å². The second-order valence-electron chi connectivity index (χ2n) is 5.81. The first kappa shape index (κ1) is 12.6. The number of aliphatic imine (C=N–C) groups is 1. The molecular formula is C16H18N4O. The van der Waals surface area contributed by atoms with E-state index in [1.807, 2.05) is 35.1 Å². The fourth-order valence-electron chi connectivity index (χ4n) is 3.00. The molecule has 0 atom stereocenters. The minimum atomic E-state index is 0.290. The van der Waals surface area contributed by atoms with Gasteiger partial charge in [0.05, 0.1) is 35.9 Å². The lowest BCUT2D eigenvalue weighted by Crippen LogP contribution is -2.29. The van der Waals surface area contributed by atoms with Crippen molar-refractivity contribution >= 4 is 17.1 Å². The average Bonchev–Trinajstić information content (AvgIpc) is 2.95. The van der Waals surface area contributed by atoms with Gasteiger partial charge in [0.15, 0.2) is 0 Å². The number of benzene rings is 1. The summed E-state index contributed by atoms with van der Waals surface area (Å²) in [5.74, 6) is 0.447. The monoisotopic (exact) mass is 282 g/mol. The molecule has 2 N–H and O–H groups in total. The van der Waals surface area contributed by atoms with Crippen LogP contribution in [0.15, 0.2) is 41.7 Å². The van der Waals surface area contributed by atoms with Crippen LogP contribution in [0.2, 0.25) is 0 Å². The van der Waals surface area contributed by atoms with E-state index < -0.39 is 0 Å². The molecule has 0 amide bonds. The van der Waals surface area contributed by atoms with Gasteiger partial charge in [0.2, 0.25) is 0 Å². The van der Waals surface area contributed by atoms with Crippen molar-refractivity contribution in [3.8, 4) is 0 Å². The van der Waals surface area contributed by atoms with E-state index in [1.54, 1.807) is 0 Å². The molecule has 2 aliphatic rings. The van der Waals surface area contributed by atoms with Crippen LogP contribution in [0.3, 0.4) is 0 Å². The highest BCUT2D eigenvalue weighted by Crippen LogP contribution is 2.37. The summed E-state index contributed by atoms with van der Waals surface area (Å²) in [5, 5.41) is 17.0. The van der Waals surface area contributed by atoms with Gasteiger partial charge in [-0.25, -0.2) is 4.99 Å². The fourth-order valence-corrected chi connectivity index (χ4v) is 3.00. The van der Waals surface area contributed by atoms with Crippen molar-refractivity contribution in [3.63, 3.8) is 0 Å². The number of aromatic nitrogens is 2. The molecule has 0 spiro atoms. The van der Waals surface area contributed by atoms with Crippen LogP contribution in [0.4, 0.5) is 11.4 Å². The average molecular weight is 282 g/mol. The van der Waals surface area contributed by atoms with Crippen molar-refractivity contribution in [1.82, 2.24) is 9.78 Å². The van der Waals surface area contributed by atoms with Crippen molar-refractivity contribution in [3.05, 3.63) is 42.2 Å². The molecule has 0 saturated heterocycles. The third kappa shape index (κ3) is 2.23. The zero-order valence-electron chi connectivity index (χ0n) is 11.7. The summed E-state index contributed by atoms with van der Waals surface area (Å²) in [5.41, 5.74) is 4.16. The Kier molecular flexibility index (Phi) is 3.00. The summed E-state index contributed by atoms with van der Waals surface area (Å²) in [6.45, 7) is 1.02. The molecule has 2 heterocycles. The van der Waals surface area contributed by atoms with Crippen molar-refractivity contribution < 1.29 is 5.11 Å². The zero-order chi connectivity index (χ0) is 14.2. The standard InChI is InChI=1S/C16H18N4O/c21-10-11-5-13(6-11)20-9-12(7-18-20)16-8-17-14-3-1-2-4-15(14)19-16/h1-4,7,9,11,13,17,21H,5-6,8,10H2. The molecule has 1 aliphatic carbocycles. The number of aliphatic hydroxyl groups excluding tert-OH is 1. The number of anilines is 1. The van der Waals surface area contributed by atoms with E-state index in [9.17, 15) is 0 Å². The third-order valence-electron chi connectivity index (χ3n) is 4.38. The lowest BCUT2D eigenvalue weighted by Gasteiger charge is -2.34. The van der Waals surface area contributed by atoms with Gasteiger partial charge in [0.25, 0.3) is 0 Å². The molecule has 1 saturated carbocycles. The molecule has 1 aliphatic heterocycles. The molecule has 0 radical (unpaired) electrons. The van der Waals surface area contributed by atoms with E-state index >= 15 is 0 Å². The molecule has 2 aromatic rings. The van der Waals surface area contributed by atoms with E-state index in [2.05, 4.69) is 16.6 Å². The van der Waals surface area contributed by atoms with E-state index in [0.717, 1.165) is 42.0 Å². The molecule has 5 heteroatoms. The van der Waals surface area contributed by atoms with Crippen LogP contribution < -0.4 is 5.32 Å². The normalized spacial score (nSPS) is 23.8. The summed E-state index contributed by atoms with van der Waals surface area (Å²) < 4.78 is 2.02. The number of hydrogen-bond donors (Lipinski definition) is 2. The van der Waals surface area contributed by atoms with Crippen LogP contribution in [-0.4, -0.2) is 33.8 Å². The van der Waals surface area contributed by atoms with Gasteiger partial charge in [-0.05, 0) is 30.9 Å². The van der Waals surface area contributed by atoms with Crippen LogP contribution in [0.25, 0.3) is 0 Å². The Morgan fingerprint density at radius 3 is 3.00 bits per heavy atom. The Hall–Kier alpha value is -2.14. The molecule has 0 bridgehead atoms. The summed E-state index contributed by atoms with van der Waals surface area (Å²) in [6.07, 6.45) is 6.00. The fraction of sp³-hybridized carbons (Fsp3) is 0.375. The number of para-hydroxylation sites is 2. The van der Waals surface area contributed by atoms with Crippen molar-refractivity contribution in [2.45, 2.75) is 18.9 Å². The Bertz CT molecular complexity index is 685. The van der Waals surface area contributed by atoms with Crippen LogP contribution >= 0.6 is 0 Å². The van der Waals surface area contributed by atoms with Gasteiger partial charge in [-0.15, -0.1) is 0 Å². The predicted molar refractivity (Wildman–Crippen MR) is 82.2 cm³/mol. The van der Waals surface area contributed by atoms with E-state index in [1.165, 1.54) is 0 Å². The molecule has 0 unspecified atom stereocenters. The smallest absolute Gasteiger partial charge is 0.0865 e. The second kappa shape index (κ2) is 5.00. The van der Waals surface area contributed by atoms with Crippen LogP contribution in [0, 0.1) is 5.92 Å². The van der Waals surface area contributed by atoms with Gasteiger partial charge in [0, 0.05) is 18.4 Å². The first-order chi connectivity index (χ1) is 10.3. The molecule has 4 rings (SSSR count). The first-order valence-electron chi connectivity index (χ1n) is 7.39. The second-order valence-corrected chi connectivity index (χ2v) is 5.81. The number of fused-ring (bicyclic) bond motifs is 1. The largest absolute Gasteiger partial charge is 0.396 e. The SMILES string of the molecule is OCC1CC(n2cc(C3=Nc4ccccc4NC3)cn2)C1.